The van der Waals surface area contributed by atoms with Crippen LogP contribution in [0.1, 0.15) is 31.0 Å². The summed E-state index contributed by atoms with van der Waals surface area (Å²) in [4.78, 5) is 28.5. The first-order valence-corrected chi connectivity index (χ1v) is 10.5. The van der Waals surface area contributed by atoms with E-state index in [0.717, 1.165) is 11.1 Å². The van der Waals surface area contributed by atoms with Crippen molar-refractivity contribution >= 4 is 11.9 Å². The van der Waals surface area contributed by atoms with Gasteiger partial charge in [0.25, 0.3) is 0 Å². The molecule has 3 aliphatic rings. The van der Waals surface area contributed by atoms with E-state index in [1.54, 1.807) is 0 Å². The highest BCUT2D eigenvalue weighted by Crippen LogP contribution is 2.54. The second-order valence-corrected chi connectivity index (χ2v) is 8.58. The Morgan fingerprint density at radius 2 is 1.67 bits per heavy atom. The van der Waals surface area contributed by atoms with E-state index < -0.39 is 17.4 Å². The van der Waals surface area contributed by atoms with E-state index in [2.05, 4.69) is 0 Å². The van der Waals surface area contributed by atoms with Crippen LogP contribution in [0.25, 0.3) is 0 Å². The van der Waals surface area contributed by atoms with E-state index in [0.29, 0.717) is 6.54 Å². The first kappa shape index (κ1) is 19.1. The minimum absolute atomic E-state index is 0.0507. The number of amides is 1. The highest BCUT2D eigenvalue weighted by molar-refractivity contribution is 5.91. The fourth-order valence-corrected chi connectivity index (χ4v) is 5.15. The largest absolute Gasteiger partial charge is 0.463 e. The van der Waals surface area contributed by atoms with Gasteiger partial charge in [0.05, 0.1) is 30.7 Å². The van der Waals surface area contributed by atoms with E-state index in [1.807, 2.05) is 91.6 Å². The summed E-state index contributed by atoms with van der Waals surface area (Å²) in [6.07, 6.45) is 3.27. The molecule has 0 aliphatic carbocycles. The lowest BCUT2D eigenvalue weighted by molar-refractivity contribution is -0.157. The van der Waals surface area contributed by atoms with E-state index >= 15 is 0 Å². The zero-order valence-corrected chi connectivity index (χ0v) is 17.1. The molecular weight excluding hydrogens is 378 g/mol. The van der Waals surface area contributed by atoms with Crippen LogP contribution in [0.15, 0.2) is 72.8 Å². The van der Waals surface area contributed by atoms with E-state index in [4.69, 9.17) is 9.47 Å². The van der Waals surface area contributed by atoms with Gasteiger partial charge in [-0.25, -0.2) is 0 Å². The van der Waals surface area contributed by atoms with Crippen LogP contribution in [0.3, 0.4) is 0 Å². The summed E-state index contributed by atoms with van der Waals surface area (Å²) in [6.45, 7) is 4.06. The van der Waals surface area contributed by atoms with Gasteiger partial charge in [-0.05, 0) is 25.0 Å². The van der Waals surface area contributed by atoms with Gasteiger partial charge in [0.15, 0.2) is 0 Å². The number of likely N-dealkylation sites (tertiary alicyclic amines) is 1. The summed E-state index contributed by atoms with van der Waals surface area (Å²) in [5.74, 6) is -1.54. The van der Waals surface area contributed by atoms with Crippen molar-refractivity contribution < 1.29 is 19.1 Å². The van der Waals surface area contributed by atoms with E-state index in [1.165, 1.54) is 0 Å². The Morgan fingerprint density at radius 3 is 2.23 bits per heavy atom. The second-order valence-electron chi connectivity index (χ2n) is 8.58. The molecular formula is C25H25NO4. The van der Waals surface area contributed by atoms with Gasteiger partial charge in [0, 0.05) is 0 Å². The summed E-state index contributed by atoms with van der Waals surface area (Å²) in [7, 11) is 0. The molecule has 1 amide bonds. The molecule has 2 bridgehead atoms. The Kier molecular flexibility index (Phi) is 4.51. The van der Waals surface area contributed by atoms with Crippen molar-refractivity contribution in [3.8, 4) is 0 Å². The number of rotatable bonds is 5. The molecule has 30 heavy (non-hydrogen) atoms. The van der Waals surface area contributed by atoms with Crippen LogP contribution in [-0.2, 0) is 19.1 Å². The number of ether oxygens (including phenoxy) is 2. The van der Waals surface area contributed by atoms with Gasteiger partial charge >= 0.3 is 5.97 Å². The molecule has 2 fully saturated rings. The lowest BCUT2D eigenvalue weighted by Crippen LogP contribution is -2.40. The summed E-state index contributed by atoms with van der Waals surface area (Å²) in [5.41, 5.74) is 1.31. The molecule has 2 aromatic rings. The number of hydrogen-bond donors (Lipinski definition) is 0. The zero-order valence-electron chi connectivity index (χ0n) is 17.1. The third-order valence-electron chi connectivity index (χ3n) is 6.30. The molecule has 154 valence electrons. The fourth-order valence-electron chi connectivity index (χ4n) is 5.15. The molecule has 3 aliphatic heterocycles. The van der Waals surface area contributed by atoms with Crippen molar-refractivity contribution in [3.05, 3.63) is 83.9 Å². The standard InChI is InChI=1S/C25H25NO4/c1-16(2)29-24(28)20-19-13-14-25(30-19)15-26(23(27)21(20)25)22(17-9-5-3-6-10-17)18-11-7-4-8-12-18/h3-14,16,19-22H,15H2,1-2H3/t19-,20+,21+,25+/m1/s1. The number of hydrogen-bond acceptors (Lipinski definition) is 4. The number of carbonyl (C=O) groups is 2. The average molecular weight is 403 g/mol. The maximum absolute atomic E-state index is 13.8. The van der Waals surface area contributed by atoms with E-state index in [-0.39, 0.29) is 30.1 Å². The molecule has 2 saturated heterocycles. The third kappa shape index (κ3) is 2.88. The van der Waals surface area contributed by atoms with Crippen LogP contribution in [-0.4, -0.2) is 41.1 Å². The molecule has 5 nitrogen and oxygen atoms in total. The molecule has 4 atom stereocenters. The van der Waals surface area contributed by atoms with Gasteiger partial charge in [-0.1, -0.05) is 72.8 Å². The SMILES string of the molecule is CC(C)OC(=O)[C@@H]1[C@H]2C(=O)N(C(c3ccccc3)c3ccccc3)C[C@@]23C=C[C@H]1O3. The van der Waals surface area contributed by atoms with Crippen LogP contribution in [0.5, 0.6) is 0 Å². The lowest BCUT2D eigenvalue weighted by atomic mass is 9.77. The lowest BCUT2D eigenvalue weighted by Gasteiger charge is -2.31. The Labute approximate surface area is 176 Å². The topological polar surface area (TPSA) is 55.8 Å². The maximum atomic E-state index is 13.8. The zero-order chi connectivity index (χ0) is 20.9. The number of fused-ring (bicyclic) bond motifs is 1. The molecule has 5 rings (SSSR count). The average Bonchev–Trinajstić information content (AvgIpc) is 3.38. The Morgan fingerprint density at radius 1 is 1.07 bits per heavy atom. The van der Waals surface area contributed by atoms with E-state index in [9.17, 15) is 9.59 Å². The highest BCUT2D eigenvalue weighted by atomic mass is 16.6. The molecule has 0 unspecified atom stereocenters. The summed E-state index contributed by atoms with van der Waals surface area (Å²) in [6, 6.07) is 19.8. The first-order chi connectivity index (χ1) is 14.5. The minimum Gasteiger partial charge on any atom is -0.463 e. The van der Waals surface area contributed by atoms with Gasteiger partial charge < -0.3 is 14.4 Å². The van der Waals surface area contributed by atoms with Crippen LogP contribution in [0, 0.1) is 11.8 Å². The second kappa shape index (κ2) is 7.10. The van der Waals surface area contributed by atoms with Crippen LogP contribution >= 0.6 is 0 Å². The van der Waals surface area contributed by atoms with Crippen molar-refractivity contribution in [2.24, 2.45) is 11.8 Å². The molecule has 0 N–H and O–H groups in total. The van der Waals surface area contributed by atoms with Crippen LogP contribution < -0.4 is 0 Å². The fraction of sp³-hybridized carbons (Fsp3) is 0.360. The molecule has 1 spiro atoms. The van der Waals surface area contributed by atoms with Crippen molar-refractivity contribution in [2.45, 2.75) is 37.7 Å². The predicted molar refractivity (Wildman–Crippen MR) is 111 cm³/mol. The van der Waals surface area contributed by atoms with Crippen molar-refractivity contribution in [1.29, 1.82) is 0 Å². The van der Waals surface area contributed by atoms with Crippen molar-refractivity contribution in [2.75, 3.05) is 6.54 Å². The molecule has 5 heteroatoms. The Balaban J connectivity index is 1.54. The molecule has 0 saturated carbocycles. The number of carbonyl (C=O) groups excluding carboxylic acids is 2. The molecule has 0 radical (unpaired) electrons. The highest BCUT2D eigenvalue weighted by Gasteiger charge is 2.68. The smallest absolute Gasteiger partial charge is 0.313 e. The Hall–Kier alpha value is -2.92. The summed E-state index contributed by atoms with van der Waals surface area (Å²) in [5, 5.41) is 0. The van der Waals surface area contributed by atoms with Crippen LogP contribution in [0.4, 0.5) is 0 Å². The number of benzene rings is 2. The molecule has 2 aromatic carbocycles. The predicted octanol–water partition coefficient (Wildman–Crippen LogP) is 3.51. The molecule has 3 heterocycles. The summed E-state index contributed by atoms with van der Waals surface area (Å²) >= 11 is 0. The summed E-state index contributed by atoms with van der Waals surface area (Å²) < 4.78 is 11.7. The van der Waals surface area contributed by atoms with Crippen molar-refractivity contribution in [1.82, 2.24) is 4.90 Å². The third-order valence-corrected chi connectivity index (χ3v) is 6.30. The van der Waals surface area contributed by atoms with Crippen molar-refractivity contribution in [3.63, 3.8) is 0 Å². The normalized spacial score (nSPS) is 29.1. The quantitative estimate of drug-likeness (QED) is 0.566. The van der Waals surface area contributed by atoms with Gasteiger partial charge in [-0.2, -0.15) is 0 Å². The van der Waals surface area contributed by atoms with Gasteiger partial charge in [-0.3, -0.25) is 9.59 Å². The number of nitrogens with zero attached hydrogens (tertiary/aromatic N) is 1. The maximum Gasteiger partial charge on any atom is 0.313 e. The van der Waals surface area contributed by atoms with Gasteiger partial charge in [0.2, 0.25) is 5.91 Å². The van der Waals surface area contributed by atoms with Gasteiger partial charge in [-0.15, -0.1) is 0 Å². The Bertz CT molecular complexity index is 947. The van der Waals surface area contributed by atoms with Gasteiger partial charge in [0.1, 0.15) is 11.5 Å². The number of esters is 1. The monoisotopic (exact) mass is 403 g/mol. The minimum atomic E-state index is -0.760. The molecule has 0 aromatic heterocycles. The van der Waals surface area contributed by atoms with Crippen LogP contribution in [0.2, 0.25) is 0 Å². The first-order valence-electron chi connectivity index (χ1n) is 10.5.